The van der Waals surface area contributed by atoms with Crippen molar-refractivity contribution in [1.29, 1.82) is 0 Å². The van der Waals surface area contributed by atoms with Crippen LogP contribution in [-0.2, 0) is 38.8 Å². The number of aliphatic hydroxyl groups excluding tert-OH is 2. The Kier molecular flexibility index (Phi) is 11.6. The molecule has 1 aromatic heterocycles. The van der Waals surface area contributed by atoms with E-state index in [2.05, 4.69) is 10.3 Å². The molecule has 6 atom stereocenters. The third-order valence-electron chi connectivity index (χ3n) is 9.42. The zero-order chi connectivity index (χ0) is 35.7. The monoisotopic (exact) mass is 697 g/mol. The second kappa shape index (κ2) is 17.0. The van der Waals surface area contributed by atoms with E-state index in [1.54, 1.807) is 4.68 Å². The van der Waals surface area contributed by atoms with Crippen LogP contribution in [0.5, 0.6) is 0 Å². The Morgan fingerprint density at radius 3 is 1.73 bits per heavy atom. The quantitative estimate of drug-likeness (QED) is 0.128. The van der Waals surface area contributed by atoms with Crippen LogP contribution in [0, 0.1) is 6.92 Å². The van der Waals surface area contributed by atoms with Crippen molar-refractivity contribution >= 4 is 0 Å². The summed E-state index contributed by atoms with van der Waals surface area (Å²) in [5, 5.41) is 31.7. The predicted octanol–water partition coefficient (Wildman–Crippen LogP) is 6.79. The van der Waals surface area contributed by atoms with Crippen molar-refractivity contribution in [3.05, 3.63) is 174 Å². The van der Waals surface area contributed by atoms with Crippen LogP contribution in [0.4, 0.5) is 0 Å². The summed E-state index contributed by atoms with van der Waals surface area (Å²) in [5.41, 5.74) is 6.95. The Morgan fingerprint density at radius 2 is 1.19 bits per heavy atom. The molecule has 6 aromatic rings. The summed E-state index contributed by atoms with van der Waals surface area (Å²) in [7, 11) is 0. The van der Waals surface area contributed by atoms with Gasteiger partial charge in [-0.05, 0) is 46.9 Å². The van der Waals surface area contributed by atoms with Crippen LogP contribution in [0.15, 0.2) is 146 Å². The topological polar surface area (TPSA) is 108 Å². The van der Waals surface area contributed by atoms with Crippen molar-refractivity contribution in [3.8, 4) is 16.9 Å². The molecule has 0 amide bonds. The first kappa shape index (κ1) is 35.4. The van der Waals surface area contributed by atoms with E-state index in [9.17, 15) is 10.2 Å². The SMILES string of the molecule is Cc1cc(-n2cc(-c3ccccc3)nn2)ccc1[C@@H](O)[C@H]1OC(CO)C(OCc2ccccc2)C(OCc2ccccc2)C1OCc1ccccc1. The molecule has 1 aliphatic heterocycles. The van der Waals surface area contributed by atoms with Gasteiger partial charge in [0, 0.05) is 5.56 Å². The summed E-state index contributed by atoms with van der Waals surface area (Å²) >= 11 is 0. The minimum Gasteiger partial charge on any atom is -0.394 e. The summed E-state index contributed by atoms with van der Waals surface area (Å²) in [6.07, 6.45) is -3.13. The van der Waals surface area contributed by atoms with Crippen LogP contribution >= 0.6 is 0 Å². The first-order chi connectivity index (χ1) is 25.6. The third kappa shape index (κ3) is 8.37. The molecule has 7 rings (SSSR count). The van der Waals surface area contributed by atoms with Crippen molar-refractivity contribution in [3.63, 3.8) is 0 Å². The van der Waals surface area contributed by atoms with E-state index >= 15 is 0 Å². The van der Waals surface area contributed by atoms with Crippen LogP contribution in [0.3, 0.4) is 0 Å². The zero-order valence-corrected chi connectivity index (χ0v) is 29.0. The molecule has 52 heavy (non-hydrogen) atoms. The number of ether oxygens (including phenoxy) is 4. The number of nitrogens with zero attached hydrogens (tertiary/aromatic N) is 3. The van der Waals surface area contributed by atoms with E-state index in [4.69, 9.17) is 18.9 Å². The largest absolute Gasteiger partial charge is 0.394 e. The number of aromatic nitrogens is 3. The van der Waals surface area contributed by atoms with E-state index in [-0.39, 0.29) is 26.4 Å². The standard InChI is InChI=1S/C43H43N3O6/c1-30-24-35(46-25-37(44-45-46)34-20-12-5-13-21-34)22-23-36(30)39(48)41-43(51-29-33-18-10-4-11-19-33)42(50-28-32-16-8-3-9-17-32)40(38(26-47)52-41)49-27-31-14-6-2-7-15-31/h2-25,38-43,47-48H,26-29H2,1H3/t38?,39-,40?,41-,42?,43?/m1/s1. The van der Waals surface area contributed by atoms with Crippen molar-refractivity contribution in [2.45, 2.75) is 63.4 Å². The van der Waals surface area contributed by atoms with E-state index in [1.165, 1.54) is 0 Å². The highest BCUT2D eigenvalue weighted by Crippen LogP contribution is 2.37. The summed E-state index contributed by atoms with van der Waals surface area (Å²) in [4.78, 5) is 0. The van der Waals surface area contributed by atoms with Crippen LogP contribution in [0.25, 0.3) is 16.9 Å². The Balaban J connectivity index is 1.20. The average Bonchev–Trinajstić information content (AvgIpc) is 3.70. The average molecular weight is 698 g/mol. The summed E-state index contributed by atoms with van der Waals surface area (Å²) in [6, 6.07) is 45.2. The molecular weight excluding hydrogens is 654 g/mol. The van der Waals surface area contributed by atoms with Crippen molar-refractivity contribution in [2.75, 3.05) is 6.61 Å². The maximum atomic E-state index is 12.2. The molecule has 2 heterocycles. The van der Waals surface area contributed by atoms with E-state index in [0.29, 0.717) is 5.56 Å². The molecule has 0 radical (unpaired) electrons. The van der Waals surface area contributed by atoms with Crippen LogP contribution in [-0.4, -0.2) is 62.3 Å². The fraction of sp³-hybridized carbons (Fsp3) is 0.256. The molecule has 4 unspecified atom stereocenters. The first-order valence-electron chi connectivity index (χ1n) is 17.6. The lowest BCUT2D eigenvalue weighted by Gasteiger charge is -2.47. The second-order valence-corrected chi connectivity index (χ2v) is 13.0. The van der Waals surface area contributed by atoms with Gasteiger partial charge in [0.2, 0.25) is 0 Å². The molecule has 0 saturated carbocycles. The summed E-state index contributed by atoms with van der Waals surface area (Å²) < 4.78 is 28.2. The zero-order valence-electron chi connectivity index (χ0n) is 29.0. The van der Waals surface area contributed by atoms with E-state index in [1.807, 2.05) is 153 Å². The maximum absolute atomic E-state index is 12.2. The summed E-state index contributed by atoms with van der Waals surface area (Å²) in [5.74, 6) is 0. The Bertz CT molecular complexity index is 1980. The van der Waals surface area contributed by atoms with Gasteiger partial charge < -0.3 is 29.2 Å². The van der Waals surface area contributed by atoms with E-state index in [0.717, 1.165) is 39.2 Å². The van der Waals surface area contributed by atoms with Gasteiger partial charge in [-0.25, -0.2) is 4.68 Å². The lowest BCUT2D eigenvalue weighted by molar-refractivity contribution is -0.285. The van der Waals surface area contributed by atoms with Crippen LogP contribution in [0.1, 0.15) is 33.9 Å². The third-order valence-corrected chi connectivity index (χ3v) is 9.42. The van der Waals surface area contributed by atoms with Gasteiger partial charge in [-0.1, -0.05) is 133 Å². The molecule has 5 aromatic carbocycles. The molecule has 0 aliphatic carbocycles. The number of aliphatic hydroxyl groups is 2. The number of benzene rings is 5. The van der Waals surface area contributed by atoms with Gasteiger partial charge >= 0.3 is 0 Å². The molecule has 0 bridgehead atoms. The molecule has 1 aliphatic rings. The maximum Gasteiger partial charge on any atom is 0.117 e. The van der Waals surface area contributed by atoms with Crippen molar-refractivity contribution in [2.24, 2.45) is 0 Å². The number of aryl methyl sites for hydroxylation is 1. The Morgan fingerprint density at radius 1 is 0.673 bits per heavy atom. The van der Waals surface area contributed by atoms with Gasteiger partial charge in [-0.3, -0.25) is 0 Å². The number of rotatable bonds is 14. The first-order valence-corrected chi connectivity index (χ1v) is 17.6. The highest BCUT2D eigenvalue weighted by Gasteiger charge is 2.50. The van der Waals surface area contributed by atoms with Gasteiger partial charge in [0.1, 0.15) is 42.3 Å². The fourth-order valence-corrected chi connectivity index (χ4v) is 6.67. The van der Waals surface area contributed by atoms with Gasteiger partial charge in [0.25, 0.3) is 0 Å². The van der Waals surface area contributed by atoms with Crippen molar-refractivity contribution < 1.29 is 29.2 Å². The highest BCUT2D eigenvalue weighted by atomic mass is 16.6. The highest BCUT2D eigenvalue weighted by molar-refractivity contribution is 5.58. The lowest BCUT2D eigenvalue weighted by atomic mass is 9.87. The smallest absolute Gasteiger partial charge is 0.117 e. The van der Waals surface area contributed by atoms with Crippen molar-refractivity contribution in [1.82, 2.24) is 15.0 Å². The molecule has 0 spiro atoms. The minimum absolute atomic E-state index is 0.256. The molecule has 9 heteroatoms. The van der Waals surface area contributed by atoms with Crippen LogP contribution in [0.2, 0.25) is 0 Å². The molecule has 2 N–H and O–H groups in total. The van der Waals surface area contributed by atoms with E-state index < -0.39 is 36.6 Å². The number of hydrogen-bond acceptors (Lipinski definition) is 8. The Hall–Kier alpha value is -5.00. The fourth-order valence-electron chi connectivity index (χ4n) is 6.67. The summed E-state index contributed by atoms with van der Waals surface area (Å²) in [6.45, 7) is 2.42. The Labute approximate surface area is 304 Å². The van der Waals surface area contributed by atoms with Crippen LogP contribution < -0.4 is 0 Å². The molecular formula is C43H43N3O6. The molecule has 266 valence electrons. The van der Waals surface area contributed by atoms with Gasteiger partial charge in [0.15, 0.2) is 0 Å². The van der Waals surface area contributed by atoms with Gasteiger partial charge in [-0.15, -0.1) is 5.10 Å². The molecule has 1 fully saturated rings. The second-order valence-electron chi connectivity index (χ2n) is 13.0. The molecule has 1 saturated heterocycles. The minimum atomic E-state index is -1.13. The van der Waals surface area contributed by atoms with Gasteiger partial charge in [0.05, 0.1) is 38.3 Å². The lowest BCUT2D eigenvalue weighted by Crippen LogP contribution is -2.62. The van der Waals surface area contributed by atoms with Gasteiger partial charge in [-0.2, -0.15) is 0 Å². The molecule has 9 nitrogen and oxygen atoms in total. The predicted molar refractivity (Wildman–Crippen MR) is 197 cm³/mol. The number of hydrogen-bond donors (Lipinski definition) is 2. The normalized spacial score (nSPS) is 20.8.